The van der Waals surface area contributed by atoms with Crippen LogP contribution in [0.25, 0.3) is 0 Å². The number of nitrogens with zero attached hydrogens (tertiary/aromatic N) is 4. The summed E-state index contributed by atoms with van der Waals surface area (Å²) in [5.41, 5.74) is 0. The first-order chi connectivity index (χ1) is 7.74. The van der Waals surface area contributed by atoms with Crippen LogP contribution in [0.1, 0.15) is 45.5 Å². The van der Waals surface area contributed by atoms with Crippen LogP contribution in [-0.2, 0) is 6.54 Å². The molecule has 16 heavy (non-hydrogen) atoms. The van der Waals surface area contributed by atoms with Crippen LogP contribution in [0, 0.1) is 11.8 Å². The Labute approximate surface area is 96.6 Å². The molecule has 0 aromatic carbocycles. The maximum absolute atomic E-state index is 4.15. The fourth-order valence-electron chi connectivity index (χ4n) is 2.51. The molecule has 0 aliphatic heterocycles. The van der Waals surface area contributed by atoms with E-state index in [0.29, 0.717) is 12.0 Å². The molecule has 1 saturated carbocycles. The van der Waals surface area contributed by atoms with Gasteiger partial charge in [-0.2, -0.15) is 0 Å². The summed E-state index contributed by atoms with van der Waals surface area (Å²) in [6.07, 6.45) is 2.48. The van der Waals surface area contributed by atoms with E-state index in [4.69, 9.17) is 0 Å². The summed E-state index contributed by atoms with van der Waals surface area (Å²) in [6, 6.07) is 0.485. The second kappa shape index (κ2) is 4.91. The van der Waals surface area contributed by atoms with Crippen molar-refractivity contribution in [3.05, 3.63) is 5.82 Å². The van der Waals surface area contributed by atoms with E-state index in [1.807, 2.05) is 4.68 Å². The van der Waals surface area contributed by atoms with Crippen LogP contribution in [0.15, 0.2) is 0 Å². The highest BCUT2D eigenvalue weighted by Gasteiger charge is 2.33. The molecule has 1 aliphatic rings. The van der Waals surface area contributed by atoms with Crippen LogP contribution in [0.3, 0.4) is 0 Å². The second-order valence-electron chi connectivity index (χ2n) is 4.80. The highest BCUT2D eigenvalue weighted by molar-refractivity contribution is 4.90. The standard InChI is InChI=1S/C11H21N5/c1-4-12-7-11-13-14-15-16(11)10-6-5-8(2)9(10)3/h8-10,12H,4-7H2,1-3H3. The quantitative estimate of drug-likeness (QED) is 0.838. The van der Waals surface area contributed by atoms with E-state index in [9.17, 15) is 0 Å². The van der Waals surface area contributed by atoms with Crippen molar-refractivity contribution in [3.63, 3.8) is 0 Å². The fourth-order valence-corrected chi connectivity index (χ4v) is 2.51. The lowest BCUT2D eigenvalue weighted by atomic mass is 9.98. The molecule has 2 rings (SSSR count). The van der Waals surface area contributed by atoms with Crippen LogP contribution < -0.4 is 5.32 Å². The summed E-state index contributed by atoms with van der Waals surface area (Å²) in [5, 5.41) is 15.3. The molecular formula is C11H21N5. The number of hydrogen-bond donors (Lipinski definition) is 1. The van der Waals surface area contributed by atoms with Gasteiger partial charge in [-0.25, -0.2) is 4.68 Å². The van der Waals surface area contributed by atoms with E-state index in [1.54, 1.807) is 0 Å². The van der Waals surface area contributed by atoms with Crippen molar-refractivity contribution in [2.45, 2.75) is 46.2 Å². The van der Waals surface area contributed by atoms with Crippen LogP contribution in [0.2, 0.25) is 0 Å². The molecule has 3 atom stereocenters. The van der Waals surface area contributed by atoms with Crippen LogP contribution in [0.5, 0.6) is 0 Å². The minimum Gasteiger partial charge on any atom is -0.310 e. The summed E-state index contributed by atoms with van der Waals surface area (Å²) in [5.74, 6) is 2.41. The van der Waals surface area contributed by atoms with Crippen molar-refractivity contribution >= 4 is 0 Å². The Bertz CT molecular complexity index is 335. The number of tetrazole rings is 1. The molecule has 1 aromatic heterocycles. The van der Waals surface area contributed by atoms with E-state index >= 15 is 0 Å². The van der Waals surface area contributed by atoms with Gasteiger partial charge in [0.1, 0.15) is 0 Å². The molecule has 1 aromatic rings. The smallest absolute Gasteiger partial charge is 0.165 e. The maximum Gasteiger partial charge on any atom is 0.165 e. The normalized spacial score (nSPS) is 29.8. The Hall–Kier alpha value is -0.970. The minimum atomic E-state index is 0.485. The Morgan fingerprint density at radius 1 is 1.38 bits per heavy atom. The van der Waals surface area contributed by atoms with Gasteiger partial charge in [-0.15, -0.1) is 5.10 Å². The zero-order valence-corrected chi connectivity index (χ0v) is 10.3. The van der Waals surface area contributed by atoms with Gasteiger partial charge in [0.05, 0.1) is 12.6 Å². The van der Waals surface area contributed by atoms with Crippen molar-refractivity contribution in [2.24, 2.45) is 11.8 Å². The van der Waals surface area contributed by atoms with Crippen molar-refractivity contribution in [2.75, 3.05) is 6.54 Å². The molecule has 5 heteroatoms. The fraction of sp³-hybridized carbons (Fsp3) is 0.909. The van der Waals surface area contributed by atoms with Crippen molar-refractivity contribution in [3.8, 4) is 0 Å². The highest BCUT2D eigenvalue weighted by Crippen LogP contribution is 2.39. The molecule has 1 fully saturated rings. The molecular weight excluding hydrogens is 202 g/mol. The first kappa shape index (κ1) is 11.5. The summed E-state index contributed by atoms with van der Waals surface area (Å²) in [7, 11) is 0. The molecule has 1 N–H and O–H groups in total. The first-order valence-electron chi connectivity index (χ1n) is 6.21. The van der Waals surface area contributed by atoms with Crippen molar-refractivity contribution in [1.82, 2.24) is 25.5 Å². The van der Waals surface area contributed by atoms with Gasteiger partial charge in [-0.05, 0) is 41.6 Å². The number of rotatable bonds is 4. The van der Waals surface area contributed by atoms with E-state index in [1.165, 1.54) is 12.8 Å². The third-order valence-corrected chi connectivity index (χ3v) is 3.83. The molecule has 0 bridgehead atoms. The second-order valence-corrected chi connectivity index (χ2v) is 4.80. The zero-order chi connectivity index (χ0) is 11.5. The summed E-state index contributed by atoms with van der Waals surface area (Å²) < 4.78 is 2.02. The van der Waals surface area contributed by atoms with Gasteiger partial charge in [0.25, 0.3) is 0 Å². The maximum atomic E-state index is 4.15. The third-order valence-electron chi connectivity index (χ3n) is 3.83. The molecule has 0 radical (unpaired) electrons. The van der Waals surface area contributed by atoms with Gasteiger partial charge in [-0.1, -0.05) is 20.8 Å². The Morgan fingerprint density at radius 3 is 2.81 bits per heavy atom. The van der Waals surface area contributed by atoms with Gasteiger partial charge in [0, 0.05) is 0 Å². The van der Waals surface area contributed by atoms with Gasteiger partial charge >= 0.3 is 0 Å². The highest BCUT2D eigenvalue weighted by atomic mass is 15.6. The Balaban J connectivity index is 2.11. The van der Waals surface area contributed by atoms with Gasteiger partial charge in [0.2, 0.25) is 0 Å². The van der Waals surface area contributed by atoms with Crippen molar-refractivity contribution < 1.29 is 0 Å². The van der Waals surface area contributed by atoms with Crippen LogP contribution >= 0.6 is 0 Å². The van der Waals surface area contributed by atoms with E-state index in [0.717, 1.165) is 24.8 Å². The third kappa shape index (κ3) is 2.09. The predicted molar refractivity (Wildman–Crippen MR) is 61.8 cm³/mol. The molecule has 0 amide bonds. The largest absolute Gasteiger partial charge is 0.310 e. The Kier molecular flexibility index (Phi) is 3.53. The topological polar surface area (TPSA) is 55.6 Å². The van der Waals surface area contributed by atoms with Crippen LogP contribution in [0.4, 0.5) is 0 Å². The average molecular weight is 223 g/mol. The molecule has 0 spiro atoms. The zero-order valence-electron chi connectivity index (χ0n) is 10.3. The first-order valence-corrected chi connectivity index (χ1v) is 6.21. The molecule has 3 unspecified atom stereocenters. The van der Waals surface area contributed by atoms with Gasteiger partial charge in [0.15, 0.2) is 5.82 Å². The molecule has 0 saturated heterocycles. The summed E-state index contributed by atoms with van der Waals surface area (Å²) >= 11 is 0. The van der Waals surface area contributed by atoms with Crippen molar-refractivity contribution in [1.29, 1.82) is 0 Å². The summed E-state index contributed by atoms with van der Waals surface area (Å²) in [4.78, 5) is 0. The lowest BCUT2D eigenvalue weighted by molar-refractivity contribution is 0.317. The van der Waals surface area contributed by atoms with E-state index in [-0.39, 0.29) is 0 Å². The summed E-state index contributed by atoms with van der Waals surface area (Å²) in [6.45, 7) is 8.43. The monoisotopic (exact) mass is 223 g/mol. The number of nitrogens with one attached hydrogen (secondary N) is 1. The van der Waals surface area contributed by atoms with Gasteiger partial charge < -0.3 is 5.32 Å². The lowest BCUT2D eigenvalue weighted by Crippen LogP contribution is -2.22. The molecule has 1 aliphatic carbocycles. The minimum absolute atomic E-state index is 0.485. The van der Waals surface area contributed by atoms with Crippen LogP contribution in [-0.4, -0.2) is 26.8 Å². The lowest BCUT2D eigenvalue weighted by Gasteiger charge is -2.19. The predicted octanol–water partition coefficient (Wildman–Crippen LogP) is 1.39. The Morgan fingerprint density at radius 2 is 2.19 bits per heavy atom. The van der Waals surface area contributed by atoms with Gasteiger partial charge in [-0.3, -0.25) is 0 Å². The molecule has 90 valence electrons. The SMILES string of the molecule is CCNCc1nnnn1C1CCC(C)C1C. The van der Waals surface area contributed by atoms with E-state index < -0.39 is 0 Å². The molecule has 5 nitrogen and oxygen atoms in total. The number of hydrogen-bond acceptors (Lipinski definition) is 4. The molecule has 1 heterocycles. The average Bonchev–Trinajstić information content (AvgIpc) is 2.85. The van der Waals surface area contributed by atoms with E-state index in [2.05, 4.69) is 41.6 Å². The number of aromatic nitrogens is 4.